The van der Waals surface area contributed by atoms with E-state index in [0.29, 0.717) is 6.54 Å². The van der Waals surface area contributed by atoms with Crippen LogP contribution in [0.2, 0.25) is 0 Å². The fraction of sp³-hybridized carbons (Fsp3) is 0.333. The smallest absolute Gasteiger partial charge is 0.240 e. The standard InChI is InChI=1S/C12H13BrN2O/c1-12(2,8-14)11(16)15-7-9-3-5-10(13)6-4-9/h3-6H,7H2,1-2H3,(H,15,16). The van der Waals surface area contributed by atoms with Gasteiger partial charge < -0.3 is 5.32 Å². The number of nitrogens with one attached hydrogen (secondary N) is 1. The lowest BCUT2D eigenvalue weighted by Crippen LogP contribution is -2.35. The molecule has 0 saturated heterocycles. The lowest BCUT2D eigenvalue weighted by atomic mass is 9.95. The second-order valence-corrected chi connectivity index (χ2v) is 4.96. The Balaban J connectivity index is 2.56. The third-order valence-electron chi connectivity index (χ3n) is 2.21. The Kier molecular flexibility index (Phi) is 4.08. The third kappa shape index (κ3) is 3.35. The molecule has 0 fully saturated rings. The number of rotatable bonds is 3. The first-order valence-electron chi connectivity index (χ1n) is 4.90. The molecule has 0 spiro atoms. The van der Waals surface area contributed by atoms with E-state index in [9.17, 15) is 4.79 Å². The SMILES string of the molecule is CC(C)(C#N)C(=O)NCc1ccc(Br)cc1. The van der Waals surface area contributed by atoms with Crippen LogP contribution in [0.4, 0.5) is 0 Å². The van der Waals surface area contributed by atoms with Crippen LogP contribution < -0.4 is 5.32 Å². The summed E-state index contributed by atoms with van der Waals surface area (Å²) in [5.41, 5.74) is 0.0281. The molecule has 1 aromatic rings. The summed E-state index contributed by atoms with van der Waals surface area (Å²) < 4.78 is 1.000. The molecule has 0 atom stereocenters. The highest BCUT2D eigenvalue weighted by molar-refractivity contribution is 9.10. The molecule has 0 saturated carbocycles. The lowest BCUT2D eigenvalue weighted by molar-refractivity contribution is -0.126. The molecule has 0 radical (unpaired) electrons. The van der Waals surface area contributed by atoms with Crippen LogP contribution >= 0.6 is 15.9 Å². The molecule has 0 bridgehead atoms. The van der Waals surface area contributed by atoms with Crippen molar-refractivity contribution in [3.63, 3.8) is 0 Å². The van der Waals surface area contributed by atoms with E-state index in [1.54, 1.807) is 13.8 Å². The van der Waals surface area contributed by atoms with Crippen molar-refractivity contribution in [2.24, 2.45) is 5.41 Å². The van der Waals surface area contributed by atoms with Gasteiger partial charge in [0.05, 0.1) is 6.07 Å². The second kappa shape index (κ2) is 5.13. The summed E-state index contributed by atoms with van der Waals surface area (Å²) in [6.07, 6.45) is 0. The third-order valence-corrected chi connectivity index (χ3v) is 2.74. The van der Waals surface area contributed by atoms with Gasteiger partial charge in [-0.1, -0.05) is 28.1 Å². The number of halogens is 1. The van der Waals surface area contributed by atoms with Crippen LogP contribution in [0.3, 0.4) is 0 Å². The largest absolute Gasteiger partial charge is 0.351 e. The van der Waals surface area contributed by atoms with Gasteiger partial charge in [0.1, 0.15) is 5.41 Å². The Bertz CT molecular complexity index is 418. The van der Waals surface area contributed by atoms with Gasteiger partial charge >= 0.3 is 0 Å². The van der Waals surface area contributed by atoms with Gasteiger partial charge in [-0.05, 0) is 31.5 Å². The van der Waals surface area contributed by atoms with E-state index in [-0.39, 0.29) is 5.91 Å². The number of hydrogen-bond acceptors (Lipinski definition) is 2. The molecule has 0 aliphatic carbocycles. The van der Waals surface area contributed by atoms with E-state index in [0.717, 1.165) is 10.0 Å². The summed E-state index contributed by atoms with van der Waals surface area (Å²) in [7, 11) is 0. The highest BCUT2D eigenvalue weighted by Crippen LogP contribution is 2.14. The average Bonchev–Trinajstić information content (AvgIpc) is 2.28. The highest BCUT2D eigenvalue weighted by atomic mass is 79.9. The lowest BCUT2D eigenvalue weighted by Gasteiger charge is -2.14. The Morgan fingerprint density at radius 1 is 1.44 bits per heavy atom. The summed E-state index contributed by atoms with van der Waals surface area (Å²) in [6, 6.07) is 9.63. The summed E-state index contributed by atoms with van der Waals surface area (Å²) in [6.45, 7) is 3.64. The quantitative estimate of drug-likeness (QED) is 0.925. The molecular formula is C12H13BrN2O. The number of hydrogen-bond donors (Lipinski definition) is 1. The number of carbonyl (C=O) groups is 1. The van der Waals surface area contributed by atoms with Gasteiger partial charge in [0.15, 0.2) is 0 Å². The van der Waals surface area contributed by atoms with Gasteiger partial charge in [0.2, 0.25) is 5.91 Å². The summed E-state index contributed by atoms with van der Waals surface area (Å²) in [4.78, 5) is 11.6. The molecule has 0 aliphatic heterocycles. The Hall–Kier alpha value is -1.34. The van der Waals surface area contributed by atoms with Crippen molar-refractivity contribution in [2.75, 3.05) is 0 Å². The molecule has 0 unspecified atom stereocenters. The molecule has 1 amide bonds. The Labute approximate surface area is 104 Å². The summed E-state index contributed by atoms with van der Waals surface area (Å²) >= 11 is 3.34. The van der Waals surface area contributed by atoms with Crippen molar-refractivity contribution in [1.82, 2.24) is 5.32 Å². The maximum Gasteiger partial charge on any atom is 0.240 e. The second-order valence-electron chi connectivity index (χ2n) is 4.05. The molecular weight excluding hydrogens is 268 g/mol. The van der Waals surface area contributed by atoms with Crippen molar-refractivity contribution in [3.05, 3.63) is 34.3 Å². The molecule has 84 valence electrons. The Morgan fingerprint density at radius 2 is 2.00 bits per heavy atom. The van der Waals surface area contributed by atoms with E-state index >= 15 is 0 Å². The van der Waals surface area contributed by atoms with E-state index < -0.39 is 5.41 Å². The van der Waals surface area contributed by atoms with Crippen LogP contribution in [0.5, 0.6) is 0 Å². The Morgan fingerprint density at radius 3 is 2.50 bits per heavy atom. The molecule has 1 aromatic carbocycles. The monoisotopic (exact) mass is 280 g/mol. The van der Waals surface area contributed by atoms with Crippen LogP contribution in [-0.4, -0.2) is 5.91 Å². The first-order chi connectivity index (χ1) is 7.45. The molecule has 0 aromatic heterocycles. The number of nitrogens with zero attached hydrogens (tertiary/aromatic N) is 1. The maximum absolute atomic E-state index is 11.6. The molecule has 3 nitrogen and oxygen atoms in total. The van der Waals surface area contributed by atoms with E-state index in [1.165, 1.54) is 0 Å². The zero-order valence-corrected chi connectivity index (χ0v) is 10.8. The summed E-state index contributed by atoms with van der Waals surface area (Å²) in [5, 5.41) is 11.5. The first kappa shape index (κ1) is 12.7. The molecule has 0 heterocycles. The van der Waals surface area contributed by atoms with Gasteiger partial charge in [-0.25, -0.2) is 0 Å². The van der Waals surface area contributed by atoms with E-state index in [4.69, 9.17) is 5.26 Å². The van der Waals surface area contributed by atoms with Crippen molar-refractivity contribution in [1.29, 1.82) is 5.26 Å². The van der Waals surface area contributed by atoms with Crippen LogP contribution in [0.15, 0.2) is 28.7 Å². The van der Waals surface area contributed by atoms with Crippen molar-refractivity contribution >= 4 is 21.8 Å². The fourth-order valence-electron chi connectivity index (χ4n) is 1.06. The highest BCUT2D eigenvalue weighted by Gasteiger charge is 2.26. The number of benzene rings is 1. The minimum absolute atomic E-state index is 0.252. The predicted molar refractivity (Wildman–Crippen MR) is 65.4 cm³/mol. The topological polar surface area (TPSA) is 52.9 Å². The predicted octanol–water partition coefficient (Wildman–Crippen LogP) is 2.62. The fourth-order valence-corrected chi connectivity index (χ4v) is 1.32. The van der Waals surface area contributed by atoms with E-state index in [2.05, 4.69) is 21.2 Å². The first-order valence-corrected chi connectivity index (χ1v) is 5.69. The zero-order chi connectivity index (χ0) is 12.2. The van der Waals surface area contributed by atoms with Crippen molar-refractivity contribution in [3.8, 4) is 6.07 Å². The van der Waals surface area contributed by atoms with Gasteiger partial charge in [0.25, 0.3) is 0 Å². The van der Waals surface area contributed by atoms with E-state index in [1.807, 2.05) is 30.3 Å². The number of carbonyl (C=O) groups excluding carboxylic acids is 1. The van der Waals surface area contributed by atoms with Gasteiger partial charge in [-0.15, -0.1) is 0 Å². The van der Waals surface area contributed by atoms with Gasteiger partial charge in [-0.2, -0.15) is 5.26 Å². The maximum atomic E-state index is 11.6. The van der Waals surface area contributed by atoms with Gasteiger partial charge in [0, 0.05) is 11.0 Å². The van der Waals surface area contributed by atoms with Crippen molar-refractivity contribution in [2.45, 2.75) is 20.4 Å². The van der Waals surface area contributed by atoms with Crippen LogP contribution in [0, 0.1) is 16.7 Å². The zero-order valence-electron chi connectivity index (χ0n) is 9.25. The van der Waals surface area contributed by atoms with Crippen LogP contribution in [0.1, 0.15) is 19.4 Å². The minimum atomic E-state index is -0.977. The number of amides is 1. The average molecular weight is 281 g/mol. The van der Waals surface area contributed by atoms with Crippen molar-refractivity contribution < 1.29 is 4.79 Å². The molecule has 16 heavy (non-hydrogen) atoms. The van der Waals surface area contributed by atoms with Crippen LogP contribution in [0.25, 0.3) is 0 Å². The van der Waals surface area contributed by atoms with Gasteiger partial charge in [-0.3, -0.25) is 4.79 Å². The normalized spacial score (nSPS) is 10.6. The molecule has 0 aliphatic rings. The summed E-state index contributed by atoms with van der Waals surface area (Å²) in [5.74, 6) is -0.252. The molecule has 1 rings (SSSR count). The molecule has 1 N–H and O–H groups in total. The van der Waals surface area contributed by atoms with Crippen LogP contribution in [-0.2, 0) is 11.3 Å². The minimum Gasteiger partial charge on any atom is -0.351 e. The number of nitriles is 1. The molecule has 4 heteroatoms.